The van der Waals surface area contributed by atoms with Crippen LogP contribution in [0.1, 0.15) is 25.0 Å². The van der Waals surface area contributed by atoms with Gasteiger partial charge in [0, 0.05) is 23.4 Å². The first-order chi connectivity index (χ1) is 13.5. The highest BCUT2D eigenvalue weighted by Crippen LogP contribution is 2.36. The lowest BCUT2D eigenvalue weighted by atomic mass is 10.0. The molecule has 0 spiro atoms. The predicted octanol–water partition coefficient (Wildman–Crippen LogP) is 4.14. The van der Waals surface area contributed by atoms with Gasteiger partial charge < -0.3 is 0 Å². The van der Waals surface area contributed by atoms with E-state index in [-0.39, 0.29) is 23.6 Å². The summed E-state index contributed by atoms with van der Waals surface area (Å²) < 4.78 is 0. The number of nitro benzene ring substituents is 1. The van der Waals surface area contributed by atoms with E-state index in [2.05, 4.69) is 4.99 Å². The highest BCUT2D eigenvalue weighted by atomic mass is 32.2. The summed E-state index contributed by atoms with van der Waals surface area (Å²) in [5.74, 6) is 1.18. The second kappa shape index (κ2) is 7.20. The maximum atomic E-state index is 12.6. The van der Waals surface area contributed by atoms with Gasteiger partial charge in [0.2, 0.25) is 0 Å². The van der Waals surface area contributed by atoms with Crippen molar-refractivity contribution in [3.8, 4) is 0 Å². The molecule has 2 aliphatic rings. The summed E-state index contributed by atoms with van der Waals surface area (Å²) >= 11 is 1.50. The minimum absolute atomic E-state index is 0.0668. The Balaban J connectivity index is 1.65. The van der Waals surface area contributed by atoms with Crippen LogP contribution in [0.5, 0.6) is 0 Å². The molecule has 1 amide bonds. The topological polar surface area (TPSA) is 88.2 Å². The highest BCUT2D eigenvalue weighted by molar-refractivity contribution is 8.13. The third kappa shape index (κ3) is 3.20. The number of nitrogens with zero attached hydrogens (tertiary/aromatic N) is 4. The Bertz CT molecular complexity index is 1010. The fourth-order valence-electron chi connectivity index (χ4n) is 3.33. The third-order valence-electron chi connectivity index (χ3n) is 4.69. The smallest absolute Gasteiger partial charge is 0.271 e. The molecule has 0 aromatic heterocycles. The number of nitro groups is 1. The average Bonchev–Trinajstić information content (AvgIpc) is 3.04. The molecule has 0 aliphatic carbocycles. The van der Waals surface area contributed by atoms with E-state index < -0.39 is 4.92 Å². The molecule has 4 rings (SSSR count). The molecule has 2 aromatic carbocycles. The first kappa shape index (κ1) is 18.4. The van der Waals surface area contributed by atoms with Crippen LogP contribution in [-0.4, -0.2) is 32.8 Å². The van der Waals surface area contributed by atoms with Crippen LogP contribution in [0.3, 0.4) is 0 Å². The zero-order chi connectivity index (χ0) is 19.8. The predicted molar refractivity (Wildman–Crippen MR) is 110 cm³/mol. The first-order valence-corrected chi connectivity index (χ1v) is 9.90. The molecule has 2 aliphatic heterocycles. The zero-order valence-electron chi connectivity index (χ0n) is 15.4. The summed E-state index contributed by atoms with van der Waals surface area (Å²) in [7, 11) is 0. The first-order valence-electron chi connectivity index (χ1n) is 8.91. The Labute approximate surface area is 166 Å². The second-order valence-electron chi connectivity index (χ2n) is 6.96. The Morgan fingerprint density at radius 1 is 1.14 bits per heavy atom. The normalized spacial score (nSPS) is 17.9. The van der Waals surface area contributed by atoms with Crippen LogP contribution in [-0.2, 0) is 10.5 Å². The van der Waals surface area contributed by atoms with Gasteiger partial charge >= 0.3 is 0 Å². The van der Waals surface area contributed by atoms with Crippen molar-refractivity contribution in [3.63, 3.8) is 0 Å². The van der Waals surface area contributed by atoms with Crippen LogP contribution < -0.4 is 0 Å². The number of fused-ring (bicyclic) bond motifs is 3. The van der Waals surface area contributed by atoms with Gasteiger partial charge in [-0.05, 0) is 23.6 Å². The molecule has 0 fully saturated rings. The number of carbonyl (C=O) groups is 1. The number of rotatable bonds is 4. The fraction of sp³-hybridized carbons (Fsp3) is 0.250. The fourth-order valence-corrected chi connectivity index (χ4v) is 4.32. The van der Waals surface area contributed by atoms with Gasteiger partial charge in [-0.25, -0.2) is 4.99 Å². The van der Waals surface area contributed by atoms with Gasteiger partial charge in [0.15, 0.2) is 5.17 Å². The van der Waals surface area contributed by atoms with Gasteiger partial charge in [-0.1, -0.05) is 49.9 Å². The number of hydrogen-bond donors (Lipinski definition) is 0. The van der Waals surface area contributed by atoms with Crippen molar-refractivity contribution in [2.75, 3.05) is 0 Å². The number of carbonyl (C=O) groups excluding carboxylic acids is 1. The number of amidine groups is 2. The molecule has 142 valence electrons. The Kier molecular flexibility index (Phi) is 4.72. The molecule has 0 saturated carbocycles. The molecule has 2 aromatic rings. The lowest BCUT2D eigenvalue weighted by Gasteiger charge is -2.32. The monoisotopic (exact) mass is 394 g/mol. The maximum Gasteiger partial charge on any atom is 0.271 e. The average molecular weight is 394 g/mol. The molecule has 0 N–H and O–H groups in total. The van der Waals surface area contributed by atoms with E-state index in [0.29, 0.717) is 11.6 Å². The van der Waals surface area contributed by atoms with Crippen molar-refractivity contribution in [1.29, 1.82) is 0 Å². The minimum Gasteiger partial charge on any atom is -0.292 e. The van der Waals surface area contributed by atoms with E-state index in [1.807, 2.05) is 43.0 Å². The number of non-ortho nitro benzene ring substituents is 1. The molecular weight excluding hydrogens is 376 g/mol. The van der Waals surface area contributed by atoms with E-state index >= 15 is 0 Å². The van der Waals surface area contributed by atoms with Crippen LogP contribution in [0, 0.1) is 16.0 Å². The van der Waals surface area contributed by atoms with Crippen molar-refractivity contribution >= 4 is 40.0 Å². The summed E-state index contributed by atoms with van der Waals surface area (Å²) in [6.07, 6.45) is 0. The summed E-state index contributed by atoms with van der Waals surface area (Å²) in [6.45, 7) is 4.00. The lowest BCUT2D eigenvalue weighted by molar-refractivity contribution is -0.384. The number of amides is 1. The van der Waals surface area contributed by atoms with Crippen molar-refractivity contribution in [3.05, 3.63) is 69.8 Å². The molecule has 1 unspecified atom stereocenters. The largest absolute Gasteiger partial charge is 0.292 e. The van der Waals surface area contributed by atoms with Crippen LogP contribution in [0.2, 0.25) is 0 Å². The van der Waals surface area contributed by atoms with E-state index in [9.17, 15) is 14.9 Å². The quantitative estimate of drug-likeness (QED) is 0.574. The number of hydrogen-bond acceptors (Lipinski definition) is 6. The maximum absolute atomic E-state index is 12.6. The number of aliphatic imine (C=N–C) groups is 2. The minimum atomic E-state index is -0.412. The van der Waals surface area contributed by atoms with E-state index in [1.165, 1.54) is 23.9 Å². The Morgan fingerprint density at radius 3 is 2.54 bits per heavy atom. The molecule has 1 atom stereocenters. The van der Waals surface area contributed by atoms with Gasteiger partial charge in [0.05, 0.1) is 10.6 Å². The van der Waals surface area contributed by atoms with Crippen LogP contribution >= 0.6 is 11.8 Å². The second-order valence-corrected chi connectivity index (χ2v) is 7.90. The Morgan fingerprint density at radius 2 is 1.86 bits per heavy atom. The summed E-state index contributed by atoms with van der Waals surface area (Å²) in [5, 5.41) is 11.5. The van der Waals surface area contributed by atoms with Crippen molar-refractivity contribution in [1.82, 2.24) is 4.90 Å². The third-order valence-corrected chi connectivity index (χ3v) is 5.71. The van der Waals surface area contributed by atoms with Crippen LogP contribution in [0.15, 0.2) is 58.5 Å². The number of benzene rings is 2. The highest BCUT2D eigenvalue weighted by Gasteiger charge is 2.43. The van der Waals surface area contributed by atoms with E-state index in [4.69, 9.17) is 4.99 Å². The van der Waals surface area contributed by atoms with Crippen molar-refractivity contribution < 1.29 is 9.72 Å². The lowest BCUT2D eigenvalue weighted by Crippen LogP contribution is -2.46. The van der Waals surface area contributed by atoms with Crippen molar-refractivity contribution in [2.45, 2.75) is 25.6 Å². The van der Waals surface area contributed by atoms with Crippen LogP contribution in [0.25, 0.3) is 0 Å². The molecular formula is C20H18N4O3S. The van der Waals surface area contributed by atoms with Gasteiger partial charge in [-0.3, -0.25) is 19.8 Å². The van der Waals surface area contributed by atoms with Crippen LogP contribution in [0.4, 0.5) is 11.4 Å². The van der Waals surface area contributed by atoms with Gasteiger partial charge in [0.1, 0.15) is 11.9 Å². The molecule has 0 bridgehead atoms. The standard InChI is InChI=1S/C20H18N4O3S/c1-12(2)17-19(25)22-18-15-5-3-4-6-16(15)21-20(23(17)18)28-11-13-7-9-14(10-8-13)24(26)27/h3-10,12,17H,11H2,1-2H3. The number of thioether (sulfide) groups is 1. The molecule has 0 saturated heterocycles. The molecule has 28 heavy (non-hydrogen) atoms. The molecule has 2 heterocycles. The van der Waals surface area contributed by atoms with E-state index in [0.717, 1.165) is 22.0 Å². The zero-order valence-corrected chi connectivity index (χ0v) is 16.2. The SMILES string of the molecule is CC(C)C1C(=O)N=C2c3ccccc3N=C(SCc3ccc([N+](=O)[O-])cc3)N21. The van der Waals surface area contributed by atoms with Gasteiger partial charge in [-0.15, -0.1) is 0 Å². The van der Waals surface area contributed by atoms with Gasteiger partial charge in [-0.2, -0.15) is 4.99 Å². The molecule has 7 nitrogen and oxygen atoms in total. The van der Waals surface area contributed by atoms with E-state index in [1.54, 1.807) is 12.1 Å². The Hall–Kier alpha value is -3.00. The summed E-state index contributed by atoms with van der Waals surface area (Å²) in [4.78, 5) is 34.0. The number of para-hydroxylation sites is 1. The van der Waals surface area contributed by atoms with Crippen molar-refractivity contribution in [2.24, 2.45) is 15.9 Å². The molecule has 0 radical (unpaired) electrons. The van der Waals surface area contributed by atoms with Gasteiger partial charge in [0.25, 0.3) is 11.6 Å². The summed E-state index contributed by atoms with van der Waals surface area (Å²) in [5.41, 5.74) is 2.67. The molecule has 8 heteroatoms. The summed E-state index contributed by atoms with van der Waals surface area (Å²) in [6, 6.07) is 13.8.